The van der Waals surface area contributed by atoms with Crippen molar-refractivity contribution in [1.82, 2.24) is 4.90 Å². The molecule has 0 fully saturated rings. The summed E-state index contributed by atoms with van der Waals surface area (Å²) in [6.07, 6.45) is -0.545. The lowest BCUT2D eigenvalue weighted by Gasteiger charge is -2.14. The van der Waals surface area contributed by atoms with E-state index in [4.69, 9.17) is 19.5 Å². The van der Waals surface area contributed by atoms with E-state index in [0.29, 0.717) is 11.5 Å². The van der Waals surface area contributed by atoms with Crippen molar-refractivity contribution >= 4 is 6.09 Å². The number of nitrogens with zero attached hydrogens (tertiary/aromatic N) is 2. The lowest BCUT2D eigenvalue weighted by Crippen LogP contribution is -2.27. The Morgan fingerprint density at radius 3 is 2.58 bits per heavy atom. The smallest absolute Gasteiger partial charge is 0.410 e. The van der Waals surface area contributed by atoms with Gasteiger partial charge in [0.15, 0.2) is 11.5 Å². The van der Waals surface area contributed by atoms with E-state index in [9.17, 15) is 4.79 Å². The predicted molar refractivity (Wildman–Crippen MR) is 68.0 cm³/mol. The van der Waals surface area contributed by atoms with E-state index < -0.39 is 6.09 Å². The second kappa shape index (κ2) is 7.11. The van der Waals surface area contributed by atoms with Crippen LogP contribution < -0.4 is 9.47 Å². The van der Waals surface area contributed by atoms with Crippen molar-refractivity contribution < 1.29 is 19.0 Å². The maximum absolute atomic E-state index is 11.5. The Bertz CT molecular complexity index is 482. The fourth-order valence-electron chi connectivity index (χ4n) is 1.40. The molecule has 0 aliphatic rings. The average Bonchev–Trinajstić information content (AvgIpc) is 2.44. The van der Waals surface area contributed by atoms with Crippen LogP contribution in [-0.2, 0) is 11.3 Å². The van der Waals surface area contributed by atoms with Crippen LogP contribution in [0.3, 0.4) is 0 Å². The fourth-order valence-corrected chi connectivity index (χ4v) is 1.40. The molecule has 1 rings (SSSR count). The summed E-state index contributed by atoms with van der Waals surface area (Å²) < 4.78 is 15.3. The summed E-state index contributed by atoms with van der Waals surface area (Å²) in [5.74, 6) is 1.18. The molecule has 6 heteroatoms. The number of hydrogen-bond donors (Lipinski definition) is 0. The zero-order valence-electron chi connectivity index (χ0n) is 11.2. The minimum absolute atomic E-state index is 0.00916. The number of hydrogen-bond acceptors (Lipinski definition) is 5. The molecule has 0 heterocycles. The van der Waals surface area contributed by atoms with Crippen molar-refractivity contribution in [2.45, 2.75) is 6.61 Å². The molecule has 1 aromatic rings. The number of rotatable bonds is 5. The first kappa shape index (κ1) is 14.6. The Kier molecular flexibility index (Phi) is 5.48. The van der Waals surface area contributed by atoms with Crippen LogP contribution in [0, 0.1) is 11.3 Å². The molecule has 0 unspecified atom stereocenters. The first-order chi connectivity index (χ1) is 9.12. The second-order valence-electron chi connectivity index (χ2n) is 3.76. The number of carbonyl (C=O) groups is 1. The molecule has 1 amide bonds. The van der Waals surface area contributed by atoms with Gasteiger partial charge < -0.3 is 14.2 Å². The Hall–Kier alpha value is -2.42. The molecule has 0 spiro atoms. The third kappa shape index (κ3) is 4.07. The minimum Gasteiger partial charge on any atom is -0.493 e. The Morgan fingerprint density at radius 2 is 2.00 bits per heavy atom. The van der Waals surface area contributed by atoms with Gasteiger partial charge in [-0.15, -0.1) is 0 Å². The van der Waals surface area contributed by atoms with Crippen LogP contribution in [0.15, 0.2) is 18.2 Å². The van der Waals surface area contributed by atoms with E-state index in [1.165, 1.54) is 19.1 Å². The molecular formula is C13H16N2O4. The van der Waals surface area contributed by atoms with Gasteiger partial charge >= 0.3 is 6.09 Å². The Balaban J connectivity index is 2.63. The molecule has 102 valence electrons. The first-order valence-corrected chi connectivity index (χ1v) is 5.58. The fraction of sp³-hybridized carbons (Fsp3) is 0.385. The van der Waals surface area contributed by atoms with Gasteiger partial charge in [0.2, 0.25) is 0 Å². The summed E-state index contributed by atoms with van der Waals surface area (Å²) in [6, 6.07) is 7.11. The number of ether oxygens (including phenoxy) is 3. The molecule has 0 aliphatic heterocycles. The van der Waals surface area contributed by atoms with Gasteiger partial charge in [0, 0.05) is 7.05 Å². The van der Waals surface area contributed by atoms with Crippen LogP contribution in [0.2, 0.25) is 0 Å². The SMILES string of the molecule is COc1ccc(COC(=O)N(C)CC#N)cc1OC. The maximum Gasteiger partial charge on any atom is 0.410 e. The highest BCUT2D eigenvalue weighted by Crippen LogP contribution is 2.27. The zero-order chi connectivity index (χ0) is 14.3. The van der Waals surface area contributed by atoms with E-state index in [2.05, 4.69) is 0 Å². The molecule has 0 aliphatic carbocycles. The van der Waals surface area contributed by atoms with Crippen molar-refractivity contribution in [3.63, 3.8) is 0 Å². The van der Waals surface area contributed by atoms with Gasteiger partial charge in [-0.25, -0.2) is 4.79 Å². The van der Waals surface area contributed by atoms with Gasteiger partial charge in [-0.2, -0.15) is 5.26 Å². The molecule has 0 bridgehead atoms. The van der Waals surface area contributed by atoms with Crippen molar-refractivity contribution in [3.8, 4) is 17.6 Å². The normalized spacial score (nSPS) is 9.37. The second-order valence-corrected chi connectivity index (χ2v) is 3.76. The monoisotopic (exact) mass is 264 g/mol. The molecule has 1 aromatic carbocycles. The van der Waals surface area contributed by atoms with Gasteiger partial charge in [0.1, 0.15) is 13.2 Å². The van der Waals surface area contributed by atoms with Crippen LogP contribution >= 0.6 is 0 Å². The highest BCUT2D eigenvalue weighted by molar-refractivity contribution is 5.67. The lowest BCUT2D eigenvalue weighted by molar-refractivity contribution is 0.108. The van der Waals surface area contributed by atoms with Crippen LogP contribution in [0.4, 0.5) is 4.79 Å². The highest BCUT2D eigenvalue weighted by Gasteiger charge is 2.10. The van der Waals surface area contributed by atoms with Crippen molar-refractivity contribution in [2.75, 3.05) is 27.8 Å². The largest absolute Gasteiger partial charge is 0.493 e. The van der Waals surface area contributed by atoms with Crippen LogP contribution in [0.1, 0.15) is 5.56 Å². The van der Waals surface area contributed by atoms with E-state index >= 15 is 0 Å². The highest BCUT2D eigenvalue weighted by atomic mass is 16.6. The van der Waals surface area contributed by atoms with Crippen LogP contribution in [0.25, 0.3) is 0 Å². The Morgan fingerprint density at radius 1 is 1.32 bits per heavy atom. The number of methoxy groups -OCH3 is 2. The third-order valence-corrected chi connectivity index (χ3v) is 2.43. The maximum atomic E-state index is 11.5. The molecule has 0 aromatic heterocycles. The van der Waals surface area contributed by atoms with Gasteiger partial charge in [-0.1, -0.05) is 6.07 Å². The number of nitriles is 1. The van der Waals surface area contributed by atoms with E-state index in [1.807, 2.05) is 6.07 Å². The summed E-state index contributed by atoms with van der Waals surface area (Å²) in [6.45, 7) is 0.0969. The predicted octanol–water partition coefficient (Wildman–Crippen LogP) is 1.80. The summed E-state index contributed by atoms with van der Waals surface area (Å²) in [5, 5.41) is 8.47. The summed E-state index contributed by atoms with van der Waals surface area (Å²) >= 11 is 0. The summed E-state index contributed by atoms with van der Waals surface area (Å²) in [5.41, 5.74) is 0.774. The molecular weight excluding hydrogens is 248 g/mol. The van der Waals surface area contributed by atoms with Crippen molar-refractivity contribution in [1.29, 1.82) is 5.26 Å². The van der Waals surface area contributed by atoms with Gasteiger partial charge in [0.25, 0.3) is 0 Å². The molecule has 0 atom stereocenters. The van der Waals surface area contributed by atoms with Gasteiger partial charge in [0.05, 0.1) is 20.3 Å². The molecule has 0 N–H and O–H groups in total. The van der Waals surface area contributed by atoms with Crippen LogP contribution in [-0.4, -0.2) is 38.8 Å². The van der Waals surface area contributed by atoms with E-state index in [1.54, 1.807) is 25.3 Å². The van der Waals surface area contributed by atoms with E-state index in [-0.39, 0.29) is 13.2 Å². The molecule has 19 heavy (non-hydrogen) atoms. The average molecular weight is 264 g/mol. The molecule has 6 nitrogen and oxygen atoms in total. The Labute approximate surface area is 112 Å². The zero-order valence-corrected chi connectivity index (χ0v) is 11.2. The summed E-state index contributed by atoms with van der Waals surface area (Å²) in [4.78, 5) is 12.7. The molecule has 0 saturated carbocycles. The summed E-state index contributed by atoms with van der Waals surface area (Å²) in [7, 11) is 4.59. The molecule has 0 saturated heterocycles. The third-order valence-electron chi connectivity index (χ3n) is 2.43. The number of carbonyl (C=O) groups excluding carboxylic acids is 1. The minimum atomic E-state index is -0.545. The van der Waals surface area contributed by atoms with Crippen LogP contribution in [0.5, 0.6) is 11.5 Å². The standard InChI is InChI=1S/C13H16N2O4/c1-15(7-6-14)13(16)19-9-10-4-5-11(17-2)12(8-10)18-3/h4-5,8H,7,9H2,1-3H3. The van der Waals surface area contributed by atoms with Gasteiger partial charge in [-0.3, -0.25) is 4.90 Å². The van der Waals surface area contributed by atoms with Gasteiger partial charge in [-0.05, 0) is 17.7 Å². The number of amides is 1. The quantitative estimate of drug-likeness (QED) is 0.758. The van der Waals surface area contributed by atoms with E-state index in [0.717, 1.165) is 5.56 Å². The lowest BCUT2D eigenvalue weighted by atomic mass is 10.2. The van der Waals surface area contributed by atoms with Crippen molar-refractivity contribution in [3.05, 3.63) is 23.8 Å². The topological polar surface area (TPSA) is 71.8 Å². The first-order valence-electron chi connectivity index (χ1n) is 5.58. The number of benzene rings is 1. The van der Waals surface area contributed by atoms with Crippen molar-refractivity contribution in [2.24, 2.45) is 0 Å². The molecule has 0 radical (unpaired) electrons.